The van der Waals surface area contributed by atoms with Crippen LogP contribution in [0.25, 0.3) is 0 Å². The van der Waals surface area contributed by atoms with Crippen LogP contribution in [0, 0.1) is 11.8 Å². The van der Waals surface area contributed by atoms with Crippen molar-refractivity contribution in [2.24, 2.45) is 11.8 Å². The molecule has 0 fully saturated rings. The Kier molecular flexibility index (Phi) is 7.32. The summed E-state index contributed by atoms with van der Waals surface area (Å²) in [7, 11) is 1.52. The summed E-state index contributed by atoms with van der Waals surface area (Å²) in [4.78, 5) is 23.0. The lowest BCUT2D eigenvalue weighted by Crippen LogP contribution is -2.15. The normalized spacial score (nSPS) is 11.1. The molecule has 23 heavy (non-hydrogen) atoms. The van der Waals surface area contributed by atoms with Gasteiger partial charge >= 0.3 is 11.9 Å². The molecule has 0 unspecified atom stereocenters. The summed E-state index contributed by atoms with van der Waals surface area (Å²) in [6.07, 6.45) is 3.70. The molecule has 126 valence electrons. The molecule has 0 aliphatic heterocycles. The SMILES string of the molecule is COc1cc(C/C=C/OC(=O)C(C)C)ccc1OC(=O)C(C)C. The number of benzene rings is 1. The Balaban J connectivity index is 2.70. The zero-order chi connectivity index (χ0) is 17.4. The van der Waals surface area contributed by atoms with Crippen molar-refractivity contribution in [3.8, 4) is 11.5 Å². The van der Waals surface area contributed by atoms with E-state index in [4.69, 9.17) is 14.2 Å². The highest BCUT2D eigenvalue weighted by atomic mass is 16.6. The molecule has 5 heteroatoms. The topological polar surface area (TPSA) is 61.8 Å². The van der Waals surface area contributed by atoms with Gasteiger partial charge in [-0.05, 0) is 30.2 Å². The average Bonchev–Trinajstić information content (AvgIpc) is 2.51. The maximum Gasteiger partial charge on any atom is 0.313 e. The monoisotopic (exact) mass is 320 g/mol. The standard InChI is InChI=1S/C18H24O5/c1-12(2)17(19)22-10-6-7-14-8-9-15(16(11-14)21-5)23-18(20)13(3)4/h6,8-13H,7H2,1-5H3/b10-6+. The smallest absolute Gasteiger partial charge is 0.313 e. The van der Waals surface area contributed by atoms with Crippen LogP contribution < -0.4 is 9.47 Å². The number of esters is 2. The van der Waals surface area contributed by atoms with E-state index >= 15 is 0 Å². The summed E-state index contributed by atoms with van der Waals surface area (Å²) in [5.74, 6) is -0.0619. The number of carbonyl (C=O) groups is 2. The second-order valence-corrected chi connectivity index (χ2v) is 5.73. The first kappa shape index (κ1) is 18.7. The first-order valence-electron chi connectivity index (χ1n) is 7.59. The molecule has 0 radical (unpaired) electrons. The molecule has 0 aromatic heterocycles. The summed E-state index contributed by atoms with van der Waals surface area (Å²) in [6.45, 7) is 7.09. The Hall–Kier alpha value is -2.30. The molecule has 0 aliphatic carbocycles. The van der Waals surface area contributed by atoms with E-state index in [0.717, 1.165) is 5.56 Å². The number of allylic oxidation sites excluding steroid dienone is 1. The predicted molar refractivity (Wildman–Crippen MR) is 87.2 cm³/mol. The predicted octanol–water partition coefficient (Wildman–Crippen LogP) is 3.51. The third-order valence-electron chi connectivity index (χ3n) is 3.02. The lowest BCUT2D eigenvalue weighted by molar-refractivity contribution is -0.141. The number of methoxy groups -OCH3 is 1. The zero-order valence-corrected chi connectivity index (χ0v) is 14.3. The summed E-state index contributed by atoms with van der Waals surface area (Å²) in [6, 6.07) is 5.32. The summed E-state index contributed by atoms with van der Waals surface area (Å²) in [5, 5.41) is 0. The Morgan fingerprint density at radius 2 is 1.70 bits per heavy atom. The van der Waals surface area contributed by atoms with Gasteiger partial charge in [0, 0.05) is 0 Å². The van der Waals surface area contributed by atoms with E-state index in [-0.39, 0.29) is 23.8 Å². The lowest BCUT2D eigenvalue weighted by atomic mass is 10.1. The number of rotatable bonds is 7. The van der Waals surface area contributed by atoms with E-state index < -0.39 is 0 Å². The summed E-state index contributed by atoms with van der Waals surface area (Å²) < 4.78 is 15.5. The Morgan fingerprint density at radius 1 is 1.04 bits per heavy atom. The molecule has 0 amide bonds. The Bertz CT molecular complexity index is 573. The fourth-order valence-corrected chi connectivity index (χ4v) is 1.58. The van der Waals surface area contributed by atoms with Gasteiger partial charge < -0.3 is 14.2 Å². The van der Waals surface area contributed by atoms with Crippen LogP contribution in [0.3, 0.4) is 0 Å². The second kappa shape index (κ2) is 8.98. The second-order valence-electron chi connectivity index (χ2n) is 5.73. The van der Waals surface area contributed by atoms with Crippen molar-refractivity contribution in [1.82, 2.24) is 0 Å². The van der Waals surface area contributed by atoms with Gasteiger partial charge in [-0.25, -0.2) is 0 Å². The minimum absolute atomic E-state index is 0.158. The molecule has 0 aliphatic rings. The lowest BCUT2D eigenvalue weighted by Gasteiger charge is -2.11. The van der Waals surface area contributed by atoms with E-state index in [9.17, 15) is 9.59 Å². The Morgan fingerprint density at radius 3 is 2.26 bits per heavy atom. The van der Waals surface area contributed by atoms with Gasteiger partial charge in [0.2, 0.25) is 0 Å². The molecule has 0 saturated carbocycles. The molecule has 0 heterocycles. The van der Waals surface area contributed by atoms with Crippen molar-refractivity contribution < 1.29 is 23.8 Å². The van der Waals surface area contributed by atoms with Crippen molar-refractivity contribution in [1.29, 1.82) is 0 Å². The van der Waals surface area contributed by atoms with E-state index in [0.29, 0.717) is 17.9 Å². The molecule has 0 bridgehead atoms. The van der Waals surface area contributed by atoms with Gasteiger partial charge in [-0.1, -0.05) is 33.8 Å². The maximum atomic E-state index is 11.7. The molecule has 1 aromatic rings. The van der Waals surface area contributed by atoms with E-state index in [1.807, 2.05) is 6.07 Å². The highest BCUT2D eigenvalue weighted by Crippen LogP contribution is 2.29. The van der Waals surface area contributed by atoms with Crippen LogP contribution in [-0.4, -0.2) is 19.0 Å². The van der Waals surface area contributed by atoms with Gasteiger partial charge in [-0.15, -0.1) is 0 Å². The number of ether oxygens (including phenoxy) is 3. The van der Waals surface area contributed by atoms with Crippen molar-refractivity contribution in [2.45, 2.75) is 34.1 Å². The molecule has 1 aromatic carbocycles. The molecule has 0 saturated heterocycles. The quantitative estimate of drug-likeness (QED) is 0.437. The van der Waals surface area contributed by atoms with Crippen molar-refractivity contribution in [3.63, 3.8) is 0 Å². The minimum Gasteiger partial charge on any atom is -0.493 e. The number of hydrogen-bond acceptors (Lipinski definition) is 5. The van der Waals surface area contributed by atoms with Crippen molar-refractivity contribution >= 4 is 11.9 Å². The van der Waals surface area contributed by atoms with Gasteiger partial charge in [-0.2, -0.15) is 0 Å². The van der Waals surface area contributed by atoms with Crippen molar-refractivity contribution in [2.75, 3.05) is 7.11 Å². The largest absolute Gasteiger partial charge is 0.493 e. The van der Waals surface area contributed by atoms with Crippen LogP contribution in [0.2, 0.25) is 0 Å². The maximum absolute atomic E-state index is 11.7. The Labute approximate surface area is 137 Å². The van der Waals surface area contributed by atoms with E-state index in [1.165, 1.54) is 13.4 Å². The summed E-state index contributed by atoms with van der Waals surface area (Å²) >= 11 is 0. The van der Waals surface area contributed by atoms with Gasteiger partial charge in [0.15, 0.2) is 11.5 Å². The van der Waals surface area contributed by atoms with E-state index in [1.54, 1.807) is 45.9 Å². The van der Waals surface area contributed by atoms with Crippen LogP contribution in [0.5, 0.6) is 11.5 Å². The van der Waals surface area contributed by atoms with Gasteiger partial charge in [-0.3, -0.25) is 9.59 Å². The van der Waals surface area contributed by atoms with E-state index in [2.05, 4.69) is 0 Å². The average molecular weight is 320 g/mol. The first-order chi connectivity index (χ1) is 10.8. The van der Waals surface area contributed by atoms with Crippen molar-refractivity contribution in [3.05, 3.63) is 36.1 Å². The van der Waals surface area contributed by atoms with Gasteiger partial charge in [0.1, 0.15) is 0 Å². The molecule has 0 N–H and O–H groups in total. The van der Waals surface area contributed by atoms with Crippen LogP contribution in [0.4, 0.5) is 0 Å². The fourth-order valence-electron chi connectivity index (χ4n) is 1.58. The van der Waals surface area contributed by atoms with Gasteiger partial charge in [0.25, 0.3) is 0 Å². The molecular formula is C18H24O5. The summed E-state index contributed by atoms with van der Waals surface area (Å²) in [5.41, 5.74) is 0.947. The molecule has 0 spiro atoms. The first-order valence-corrected chi connectivity index (χ1v) is 7.59. The number of carbonyl (C=O) groups excluding carboxylic acids is 2. The highest BCUT2D eigenvalue weighted by Gasteiger charge is 2.13. The van der Waals surface area contributed by atoms with Crippen LogP contribution in [0.1, 0.15) is 33.3 Å². The van der Waals surface area contributed by atoms with Crippen LogP contribution in [-0.2, 0) is 20.7 Å². The van der Waals surface area contributed by atoms with Crippen LogP contribution in [0.15, 0.2) is 30.5 Å². The molecule has 5 nitrogen and oxygen atoms in total. The van der Waals surface area contributed by atoms with Gasteiger partial charge in [0.05, 0.1) is 25.2 Å². The highest BCUT2D eigenvalue weighted by molar-refractivity contribution is 5.75. The minimum atomic E-state index is -0.309. The molecular weight excluding hydrogens is 296 g/mol. The third kappa shape index (κ3) is 6.14. The molecule has 0 atom stereocenters. The van der Waals surface area contributed by atoms with Crippen LogP contribution >= 0.6 is 0 Å². The third-order valence-corrected chi connectivity index (χ3v) is 3.02. The number of hydrogen-bond donors (Lipinski definition) is 0. The fraction of sp³-hybridized carbons (Fsp3) is 0.444. The molecule has 1 rings (SSSR count). The zero-order valence-electron chi connectivity index (χ0n) is 14.3.